The zero-order valence-electron chi connectivity index (χ0n) is 3.02. The molecule has 1 rings (SSSR count). The summed E-state index contributed by atoms with van der Waals surface area (Å²) in [7, 11) is 0. The number of allylic oxidation sites excluding steroid dienone is 1. The van der Waals surface area contributed by atoms with Gasteiger partial charge in [-0.25, -0.2) is 0 Å². The van der Waals surface area contributed by atoms with E-state index in [0.717, 1.165) is 0 Å². The smallest absolute Gasteiger partial charge is 0 e. The minimum atomic E-state index is -0.148. The second-order valence-corrected chi connectivity index (χ2v) is 5.26. The summed E-state index contributed by atoms with van der Waals surface area (Å²) in [5.74, 6) is 0. The van der Waals surface area contributed by atoms with E-state index in [2.05, 4.69) is 13.3 Å². The molecule has 0 nitrogen and oxygen atoms in total. The fourth-order valence-corrected chi connectivity index (χ4v) is 0.975. The van der Waals surface area contributed by atoms with Crippen LogP contribution in [-0.4, -0.2) is 27.3 Å². The summed E-state index contributed by atoms with van der Waals surface area (Å²) < 4.78 is 4.67. The first-order valence-electron chi connectivity index (χ1n) is 1.33. The third-order valence-corrected chi connectivity index (χ3v) is 3.90. The Kier molecular flexibility index (Phi) is 4.12. The van der Waals surface area contributed by atoms with Gasteiger partial charge in [0.1, 0.15) is 0 Å². The second kappa shape index (κ2) is 3.35. The molecule has 22 valence electrons. The van der Waals surface area contributed by atoms with Crippen LogP contribution in [0.25, 0.3) is 0 Å². The van der Waals surface area contributed by atoms with Crippen molar-refractivity contribution in [1.82, 2.24) is 0 Å². The maximum Gasteiger partial charge on any atom is 0 e. The molecule has 0 saturated carbocycles. The largest absolute Gasteiger partial charge is 0 e. The van der Waals surface area contributed by atoms with Gasteiger partial charge in [0.15, 0.2) is 0 Å². The Labute approximate surface area is 56.1 Å². The predicted molar refractivity (Wildman–Crippen MR) is 22.4 cm³/mol. The summed E-state index contributed by atoms with van der Waals surface area (Å²) in [6, 6.07) is 0. The van der Waals surface area contributed by atoms with Crippen LogP contribution in [0.4, 0.5) is 0 Å². The van der Waals surface area contributed by atoms with Crippen molar-refractivity contribution in [1.29, 1.82) is 0 Å². The SMILES string of the molecule is C1=[CH][PbH]=[CH]1.[Zn]. The molecular weight excluding hydrogens is 309 g/mol. The van der Waals surface area contributed by atoms with E-state index >= 15 is 0 Å². The van der Waals surface area contributed by atoms with E-state index < -0.39 is 0 Å². The minimum Gasteiger partial charge on any atom is 0 e. The Bertz CT molecular complexity index is 47.3. The molecule has 2 heteroatoms. The van der Waals surface area contributed by atoms with Crippen molar-refractivity contribution in [2.24, 2.45) is 0 Å². The van der Waals surface area contributed by atoms with Crippen LogP contribution in [0.1, 0.15) is 0 Å². The van der Waals surface area contributed by atoms with Crippen molar-refractivity contribution in [2.75, 3.05) is 0 Å². The molecule has 0 N–H and O–H groups in total. The maximum absolute atomic E-state index is 2.33. The third-order valence-electron chi connectivity index (χ3n) is 0.444. The summed E-state index contributed by atoms with van der Waals surface area (Å²) in [5.41, 5.74) is 0. The summed E-state index contributed by atoms with van der Waals surface area (Å²) in [6.45, 7) is 0. The second-order valence-electron chi connectivity index (χ2n) is 0.770. The molecule has 0 spiro atoms. The third kappa shape index (κ3) is 1.93. The van der Waals surface area contributed by atoms with Crippen LogP contribution in [0.3, 0.4) is 0 Å². The minimum absolute atomic E-state index is 0. The van der Waals surface area contributed by atoms with Crippen LogP contribution in [-0.2, 0) is 19.5 Å². The van der Waals surface area contributed by atoms with Gasteiger partial charge < -0.3 is 0 Å². The molecule has 1 aliphatic heterocycles. The van der Waals surface area contributed by atoms with Crippen molar-refractivity contribution >= 4 is 27.3 Å². The van der Waals surface area contributed by atoms with Gasteiger partial charge in [0.05, 0.1) is 0 Å². The molecule has 1 heterocycles. The molecule has 0 amide bonds. The quantitative estimate of drug-likeness (QED) is 0.541. The Morgan fingerprint density at radius 3 is 1.60 bits per heavy atom. The summed E-state index contributed by atoms with van der Waals surface area (Å²) in [6.07, 6.45) is 2.15. The zero-order chi connectivity index (χ0) is 2.83. The van der Waals surface area contributed by atoms with E-state index in [1.54, 1.807) is 0 Å². The fraction of sp³-hybridized carbons (Fsp3) is 0. The molecule has 0 unspecified atom stereocenters. The summed E-state index contributed by atoms with van der Waals surface area (Å²) in [5, 5.41) is 0. The molecule has 5 heavy (non-hydrogen) atoms. The van der Waals surface area contributed by atoms with E-state index in [1.165, 1.54) is 0 Å². The van der Waals surface area contributed by atoms with Gasteiger partial charge in [-0.05, 0) is 0 Å². The molecule has 0 aromatic rings. The molecule has 1 aliphatic rings. The van der Waals surface area contributed by atoms with Crippen LogP contribution in [0.2, 0.25) is 0 Å². The van der Waals surface area contributed by atoms with E-state index in [1.807, 2.05) is 0 Å². The van der Waals surface area contributed by atoms with E-state index in [-0.39, 0.29) is 43.2 Å². The normalized spacial score (nSPS) is 12.8. The van der Waals surface area contributed by atoms with E-state index in [4.69, 9.17) is 0 Å². The number of hydrogen-bond acceptors (Lipinski definition) is 0. The standard InChI is InChI=1S/C3H3.Pb.Zn.H/c1-3-2;;;/h1-3H;;;. The van der Waals surface area contributed by atoms with Crippen LogP contribution >= 0.6 is 0 Å². The Hall–Kier alpha value is 1.16. The van der Waals surface area contributed by atoms with Gasteiger partial charge in [-0.15, -0.1) is 0 Å². The molecule has 0 aliphatic carbocycles. The van der Waals surface area contributed by atoms with Crippen molar-refractivity contribution in [3.8, 4) is 0 Å². The number of hydrogen-bond donors (Lipinski definition) is 0. The molecule has 0 aromatic heterocycles. The Balaban J connectivity index is 0.000000160. The van der Waals surface area contributed by atoms with Gasteiger partial charge in [-0.1, -0.05) is 0 Å². The molecule has 0 atom stereocenters. The Morgan fingerprint density at radius 2 is 1.60 bits per heavy atom. The van der Waals surface area contributed by atoms with Crippen molar-refractivity contribution in [2.45, 2.75) is 0 Å². The van der Waals surface area contributed by atoms with Gasteiger partial charge >= 0.3 is 37.0 Å². The molecule has 0 fully saturated rings. The van der Waals surface area contributed by atoms with Crippen LogP contribution in [0.15, 0.2) is 9.71 Å². The van der Waals surface area contributed by atoms with Gasteiger partial charge in [-0.3, -0.25) is 0 Å². The molecular formula is C3H4PbZn. The zero-order valence-corrected chi connectivity index (χ0v) is 10.5. The predicted octanol–water partition coefficient (Wildman–Crippen LogP) is -0.250. The van der Waals surface area contributed by atoms with Gasteiger partial charge in [0.25, 0.3) is 0 Å². The van der Waals surface area contributed by atoms with Crippen molar-refractivity contribution < 1.29 is 19.5 Å². The Morgan fingerprint density at radius 1 is 1.40 bits per heavy atom. The summed E-state index contributed by atoms with van der Waals surface area (Å²) >= 11 is -0.148. The molecule has 0 radical (unpaired) electrons. The average molecular weight is 313 g/mol. The first-order valence-corrected chi connectivity index (χ1v) is 6.52. The summed E-state index contributed by atoms with van der Waals surface area (Å²) in [4.78, 5) is 0. The first-order chi connectivity index (χ1) is 2.00. The van der Waals surface area contributed by atoms with Crippen LogP contribution < -0.4 is 0 Å². The first kappa shape index (κ1) is 6.16. The number of rotatable bonds is 0. The average Bonchev–Trinajstić information content (AvgIpc) is 0.722. The topological polar surface area (TPSA) is 0 Å². The van der Waals surface area contributed by atoms with Gasteiger partial charge in [0.2, 0.25) is 0 Å². The molecule has 0 bridgehead atoms. The van der Waals surface area contributed by atoms with E-state index in [0.29, 0.717) is 0 Å². The molecule has 0 aromatic carbocycles. The monoisotopic (exact) mass is 312 g/mol. The van der Waals surface area contributed by atoms with E-state index in [9.17, 15) is 0 Å². The molecule has 0 saturated heterocycles. The fourth-order valence-electron chi connectivity index (χ4n) is 0.111. The van der Waals surface area contributed by atoms with Crippen molar-refractivity contribution in [3.63, 3.8) is 0 Å². The van der Waals surface area contributed by atoms with Gasteiger partial charge in [-0.2, -0.15) is 0 Å². The van der Waals surface area contributed by atoms with Crippen molar-refractivity contribution in [3.05, 3.63) is 9.71 Å². The van der Waals surface area contributed by atoms with Crippen LogP contribution in [0, 0.1) is 0 Å². The van der Waals surface area contributed by atoms with Crippen LogP contribution in [0.5, 0.6) is 0 Å². The maximum atomic E-state index is 2.33. The van der Waals surface area contributed by atoms with Gasteiger partial charge in [0, 0.05) is 19.5 Å².